The maximum absolute atomic E-state index is 11.7. The van der Waals surface area contributed by atoms with Gasteiger partial charge in [0.2, 0.25) is 0 Å². The van der Waals surface area contributed by atoms with Crippen molar-refractivity contribution in [2.24, 2.45) is 0 Å². The zero-order valence-electron chi connectivity index (χ0n) is 13.2. The van der Waals surface area contributed by atoms with E-state index >= 15 is 0 Å². The molecule has 0 amide bonds. The molecule has 0 radical (unpaired) electrons. The van der Waals surface area contributed by atoms with Gasteiger partial charge in [0.25, 0.3) is 0 Å². The van der Waals surface area contributed by atoms with E-state index in [1.54, 1.807) is 74.5 Å². The van der Waals surface area contributed by atoms with E-state index in [4.69, 9.17) is 19.1 Å². The second kappa shape index (κ2) is 8.54. The zero-order valence-corrected chi connectivity index (χ0v) is 13.2. The Balaban J connectivity index is 1.89. The van der Waals surface area contributed by atoms with Crippen LogP contribution in [0.5, 0.6) is 11.5 Å². The molecular formula is C17H17NO6. The van der Waals surface area contributed by atoms with E-state index in [1.807, 2.05) is 0 Å². The highest BCUT2D eigenvalue weighted by molar-refractivity contribution is 5.65. The number of para-hydroxylation sites is 2. The number of hydrogen-bond acceptors (Lipinski definition) is 7. The summed E-state index contributed by atoms with van der Waals surface area (Å²) in [6, 6.07) is 16.3. The minimum absolute atomic E-state index is 0.304. The van der Waals surface area contributed by atoms with Crippen molar-refractivity contribution in [3.63, 3.8) is 0 Å². The van der Waals surface area contributed by atoms with Gasteiger partial charge < -0.3 is 9.47 Å². The third-order valence-electron chi connectivity index (χ3n) is 2.64. The molecule has 2 aromatic carbocycles. The van der Waals surface area contributed by atoms with Gasteiger partial charge in [0, 0.05) is 5.23 Å². The fourth-order valence-corrected chi connectivity index (χ4v) is 1.58. The molecule has 0 aromatic heterocycles. The van der Waals surface area contributed by atoms with Gasteiger partial charge in [-0.3, -0.25) is 9.68 Å². The summed E-state index contributed by atoms with van der Waals surface area (Å²) < 4.78 is 9.92. The molecule has 0 aliphatic rings. The molecule has 0 N–H and O–H groups in total. The molecule has 0 saturated heterocycles. The molecule has 7 heteroatoms. The lowest BCUT2D eigenvalue weighted by Gasteiger charge is -2.21. The van der Waals surface area contributed by atoms with Gasteiger partial charge in [0.1, 0.15) is 11.5 Å². The first-order valence-electron chi connectivity index (χ1n) is 7.23. The number of carbonyl (C=O) groups excluding carboxylic acids is 2. The van der Waals surface area contributed by atoms with Crippen molar-refractivity contribution >= 4 is 12.3 Å². The minimum Gasteiger partial charge on any atom is -0.394 e. The first-order valence-corrected chi connectivity index (χ1v) is 7.23. The highest BCUT2D eigenvalue weighted by atomic mass is 17.0. The lowest BCUT2D eigenvalue weighted by molar-refractivity contribution is -0.325. The van der Waals surface area contributed by atoms with Crippen molar-refractivity contribution in [2.75, 3.05) is 0 Å². The molecule has 0 spiro atoms. The Bertz CT molecular complexity index is 604. The Morgan fingerprint density at radius 2 is 1.12 bits per heavy atom. The maximum Gasteiger partial charge on any atom is 0.536 e. The van der Waals surface area contributed by atoms with Gasteiger partial charge in [-0.15, -0.1) is 0 Å². The summed E-state index contributed by atoms with van der Waals surface area (Å²) in [5.41, 5.74) is 0. The SMILES string of the molecule is CC(C)N(OC(=O)Oc1ccccc1)OC(=O)Oc1ccccc1. The molecular weight excluding hydrogens is 314 g/mol. The molecule has 0 atom stereocenters. The third kappa shape index (κ3) is 5.62. The fourth-order valence-electron chi connectivity index (χ4n) is 1.58. The number of rotatable bonds is 5. The van der Waals surface area contributed by atoms with E-state index < -0.39 is 18.4 Å². The fraction of sp³-hybridized carbons (Fsp3) is 0.176. The summed E-state index contributed by atoms with van der Waals surface area (Å²) in [5.74, 6) is 0.608. The van der Waals surface area contributed by atoms with Crippen molar-refractivity contribution in [3.8, 4) is 11.5 Å². The minimum atomic E-state index is -1.04. The predicted octanol–water partition coefficient (Wildman–Crippen LogP) is 3.96. The van der Waals surface area contributed by atoms with E-state index in [1.165, 1.54) is 0 Å². The Morgan fingerprint density at radius 3 is 1.46 bits per heavy atom. The van der Waals surface area contributed by atoms with Gasteiger partial charge in [-0.2, -0.15) is 0 Å². The summed E-state index contributed by atoms with van der Waals surface area (Å²) >= 11 is 0. The average molecular weight is 331 g/mol. The normalized spacial score (nSPS) is 10.3. The van der Waals surface area contributed by atoms with Crippen LogP contribution < -0.4 is 9.47 Å². The van der Waals surface area contributed by atoms with Crippen LogP contribution in [-0.2, 0) is 9.68 Å². The molecule has 0 fully saturated rings. The molecule has 0 heterocycles. The summed E-state index contributed by atoms with van der Waals surface area (Å²) in [5, 5.41) is 0.705. The molecule has 0 aliphatic heterocycles. The number of carbonyl (C=O) groups is 2. The van der Waals surface area contributed by atoms with Crippen molar-refractivity contribution in [1.29, 1.82) is 0 Å². The summed E-state index contributed by atoms with van der Waals surface area (Å²) in [6.07, 6.45) is -2.08. The van der Waals surface area contributed by atoms with Crippen molar-refractivity contribution in [1.82, 2.24) is 5.23 Å². The number of hydrogen-bond donors (Lipinski definition) is 0. The molecule has 0 aliphatic carbocycles. The molecule has 126 valence electrons. The molecule has 0 saturated carbocycles. The van der Waals surface area contributed by atoms with Crippen LogP contribution in [0, 0.1) is 0 Å². The largest absolute Gasteiger partial charge is 0.536 e. The van der Waals surface area contributed by atoms with Crippen LogP contribution >= 0.6 is 0 Å². The third-order valence-corrected chi connectivity index (χ3v) is 2.64. The van der Waals surface area contributed by atoms with Crippen LogP contribution in [-0.4, -0.2) is 23.6 Å². The molecule has 0 bridgehead atoms. The second-order valence-electron chi connectivity index (χ2n) is 4.89. The zero-order chi connectivity index (χ0) is 17.4. The summed E-state index contributed by atoms with van der Waals surface area (Å²) in [4.78, 5) is 33.2. The Morgan fingerprint density at radius 1 is 0.750 bits per heavy atom. The lowest BCUT2D eigenvalue weighted by Crippen LogP contribution is -2.37. The highest BCUT2D eigenvalue weighted by Gasteiger charge is 2.23. The molecule has 0 unspecified atom stereocenters. The smallest absolute Gasteiger partial charge is 0.394 e. The van der Waals surface area contributed by atoms with Crippen LogP contribution in [0.2, 0.25) is 0 Å². The standard InChI is InChI=1S/C17H17NO6/c1-13(2)18(23-16(19)21-14-9-5-3-6-10-14)24-17(20)22-15-11-7-4-8-12-15/h3-13H,1-2H3. The van der Waals surface area contributed by atoms with Gasteiger partial charge in [-0.1, -0.05) is 36.4 Å². The van der Waals surface area contributed by atoms with Gasteiger partial charge >= 0.3 is 12.3 Å². The second-order valence-corrected chi connectivity index (χ2v) is 4.89. The van der Waals surface area contributed by atoms with Crippen LogP contribution in [0.15, 0.2) is 60.7 Å². The van der Waals surface area contributed by atoms with E-state index in [-0.39, 0.29) is 0 Å². The Kier molecular flexibility index (Phi) is 6.16. The number of benzene rings is 2. The first kappa shape index (κ1) is 17.3. The Labute approximate surface area is 139 Å². The molecule has 24 heavy (non-hydrogen) atoms. The van der Waals surface area contributed by atoms with Gasteiger partial charge in [-0.25, -0.2) is 9.59 Å². The summed E-state index contributed by atoms with van der Waals surface area (Å²) in [7, 11) is 0. The summed E-state index contributed by atoms with van der Waals surface area (Å²) in [6.45, 7) is 3.32. The van der Waals surface area contributed by atoms with E-state index in [0.717, 1.165) is 0 Å². The van der Waals surface area contributed by atoms with Crippen LogP contribution in [0.1, 0.15) is 13.8 Å². The topological polar surface area (TPSA) is 74.3 Å². The van der Waals surface area contributed by atoms with E-state index in [0.29, 0.717) is 16.7 Å². The number of nitrogens with zero attached hydrogens (tertiary/aromatic N) is 1. The number of ether oxygens (including phenoxy) is 2. The van der Waals surface area contributed by atoms with E-state index in [9.17, 15) is 9.59 Å². The van der Waals surface area contributed by atoms with Crippen LogP contribution in [0.3, 0.4) is 0 Å². The molecule has 7 nitrogen and oxygen atoms in total. The van der Waals surface area contributed by atoms with Crippen molar-refractivity contribution < 1.29 is 28.7 Å². The van der Waals surface area contributed by atoms with Gasteiger partial charge in [0.15, 0.2) is 0 Å². The Hall–Kier alpha value is -3.06. The van der Waals surface area contributed by atoms with Crippen LogP contribution in [0.25, 0.3) is 0 Å². The first-order chi connectivity index (χ1) is 11.5. The van der Waals surface area contributed by atoms with Gasteiger partial charge in [-0.05, 0) is 38.1 Å². The predicted molar refractivity (Wildman–Crippen MR) is 84.1 cm³/mol. The van der Waals surface area contributed by atoms with Crippen molar-refractivity contribution in [2.45, 2.75) is 19.9 Å². The molecule has 2 aromatic rings. The highest BCUT2D eigenvalue weighted by Crippen LogP contribution is 2.13. The van der Waals surface area contributed by atoms with Gasteiger partial charge in [0.05, 0.1) is 6.04 Å². The quantitative estimate of drug-likeness (QED) is 0.466. The lowest BCUT2D eigenvalue weighted by atomic mass is 10.3. The average Bonchev–Trinajstić information content (AvgIpc) is 2.56. The monoisotopic (exact) mass is 331 g/mol. The van der Waals surface area contributed by atoms with Crippen molar-refractivity contribution in [3.05, 3.63) is 60.7 Å². The number of hydroxylamine groups is 2. The van der Waals surface area contributed by atoms with E-state index in [2.05, 4.69) is 0 Å². The molecule has 2 rings (SSSR count). The maximum atomic E-state index is 11.7. The van der Waals surface area contributed by atoms with Crippen LogP contribution in [0.4, 0.5) is 9.59 Å².